The molecule has 0 radical (unpaired) electrons. The van der Waals surface area contributed by atoms with Gasteiger partial charge in [-0.15, -0.1) is 0 Å². The summed E-state index contributed by atoms with van der Waals surface area (Å²) in [6.45, 7) is 3.81. The zero-order valence-electron chi connectivity index (χ0n) is 14.0. The van der Waals surface area contributed by atoms with Crippen molar-refractivity contribution >= 4 is 27.5 Å². The van der Waals surface area contributed by atoms with Gasteiger partial charge in [-0.25, -0.2) is 17.2 Å². The lowest BCUT2D eigenvalue weighted by Crippen LogP contribution is -2.30. The van der Waals surface area contributed by atoms with Crippen LogP contribution in [0.25, 0.3) is 0 Å². The van der Waals surface area contributed by atoms with E-state index >= 15 is 0 Å². The number of hydrogen-bond acceptors (Lipinski definition) is 5. The normalized spacial score (nSPS) is 11.7. The Balaban J connectivity index is 2.46. The monoisotopic (exact) mass is 402 g/mol. The zero-order chi connectivity index (χ0) is 19.5. The van der Waals surface area contributed by atoms with Gasteiger partial charge in [0.15, 0.2) is 11.6 Å². The molecule has 0 saturated heterocycles. The molecule has 0 bridgehead atoms. The van der Waals surface area contributed by atoms with Crippen molar-refractivity contribution in [3.05, 3.63) is 58.1 Å². The van der Waals surface area contributed by atoms with Crippen molar-refractivity contribution in [2.45, 2.75) is 28.5 Å². The third-order valence-corrected chi connectivity index (χ3v) is 6.69. The number of hydrogen-bond donors (Lipinski definition) is 0. The van der Waals surface area contributed by atoms with Crippen LogP contribution in [0, 0.1) is 21.7 Å². The first kappa shape index (κ1) is 20.3. The van der Waals surface area contributed by atoms with Gasteiger partial charge in [-0.2, -0.15) is 4.31 Å². The van der Waals surface area contributed by atoms with E-state index in [0.29, 0.717) is 0 Å². The second kappa shape index (κ2) is 8.11. The highest BCUT2D eigenvalue weighted by Gasteiger charge is 2.26. The summed E-state index contributed by atoms with van der Waals surface area (Å²) in [6.07, 6.45) is 0. The smallest absolute Gasteiger partial charge is 0.258 e. The number of nitrogens with zero attached hydrogens (tertiary/aromatic N) is 2. The molecule has 0 N–H and O–H groups in total. The summed E-state index contributed by atoms with van der Waals surface area (Å²) < 4.78 is 52.6. The van der Waals surface area contributed by atoms with Gasteiger partial charge in [0.25, 0.3) is 5.69 Å². The molecule has 0 unspecified atom stereocenters. The highest BCUT2D eigenvalue weighted by molar-refractivity contribution is 7.99. The van der Waals surface area contributed by atoms with Crippen LogP contribution in [0.15, 0.2) is 51.1 Å². The molecule has 0 aromatic heterocycles. The largest absolute Gasteiger partial charge is 0.284 e. The third-order valence-electron chi connectivity index (χ3n) is 3.59. The molecular formula is C16H16F2N2O4S2. The van der Waals surface area contributed by atoms with Gasteiger partial charge < -0.3 is 0 Å². The lowest BCUT2D eigenvalue weighted by molar-refractivity contribution is -0.388. The molecule has 0 heterocycles. The number of nitro benzene ring substituents is 1. The standard InChI is InChI=1S/C16H16F2N2O4S2/c1-3-19(4-2)26(23,24)12-6-8-16(15(10-12)20(21)22)25-11-5-7-13(17)14(18)9-11/h5-10H,3-4H2,1-2H3. The van der Waals surface area contributed by atoms with Gasteiger partial charge in [0.1, 0.15) is 0 Å². The van der Waals surface area contributed by atoms with Crippen molar-refractivity contribution < 1.29 is 22.1 Å². The number of nitro groups is 1. The second-order valence-corrected chi connectivity index (χ2v) is 8.21. The van der Waals surface area contributed by atoms with Crippen LogP contribution in [0.5, 0.6) is 0 Å². The molecule has 0 aliphatic carbocycles. The van der Waals surface area contributed by atoms with Crippen molar-refractivity contribution in [1.29, 1.82) is 0 Å². The van der Waals surface area contributed by atoms with Crippen molar-refractivity contribution in [3.63, 3.8) is 0 Å². The quantitative estimate of drug-likeness (QED) is 0.515. The van der Waals surface area contributed by atoms with E-state index < -0.39 is 32.3 Å². The van der Waals surface area contributed by atoms with Crippen molar-refractivity contribution in [2.24, 2.45) is 0 Å². The van der Waals surface area contributed by atoms with Gasteiger partial charge in [0.05, 0.1) is 14.7 Å². The molecule has 26 heavy (non-hydrogen) atoms. The molecular weight excluding hydrogens is 386 g/mol. The minimum atomic E-state index is -3.85. The Labute approximate surface area is 154 Å². The predicted molar refractivity (Wildman–Crippen MR) is 93.7 cm³/mol. The van der Waals surface area contributed by atoms with Crippen LogP contribution in [-0.2, 0) is 10.0 Å². The molecule has 140 valence electrons. The lowest BCUT2D eigenvalue weighted by atomic mass is 10.3. The minimum absolute atomic E-state index is 0.125. The highest BCUT2D eigenvalue weighted by Crippen LogP contribution is 2.37. The van der Waals surface area contributed by atoms with Crippen LogP contribution >= 0.6 is 11.8 Å². The van der Waals surface area contributed by atoms with E-state index in [2.05, 4.69) is 0 Å². The van der Waals surface area contributed by atoms with Crippen LogP contribution in [0.4, 0.5) is 14.5 Å². The Morgan fingerprint density at radius 2 is 1.73 bits per heavy atom. The van der Waals surface area contributed by atoms with Crippen molar-refractivity contribution in [2.75, 3.05) is 13.1 Å². The van der Waals surface area contributed by atoms with Gasteiger partial charge in [0, 0.05) is 24.1 Å². The number of halogens is 2. The summed E-state index contributed by atoms with van der Waals surface area (Å²) in [5, 5.41) is 11.4. The molecule has 2 aromatic rings. The van der Waals surface area contributed by atoms with Crippen LogP contribution in [0.1, 0.15) is 13.8 Å². The molecule has 0 aliphatic heterocycles. The van der Waals surface area contributed by atoms with Crippen LogP contribution in [0.3, 0.4) is 0 Å². The van der Waals surface area contributed by atoms with Gasteiger partial charge in [-0.3, -0.25) is 10.1 Å². The fourth-order valence-electron chi connectivity index (χ4n) is 2.27. The average molecular weight is 402 g/mol. The third kappa shape index (κ3) is 4.19. The molecule has 0 saturated carbocycles. The zero-order valence-corrected chi connectivity index (χ0v) is 15.6. The van der Waals surface area contributed by atoms with Crippen LogP contribution < -0.4 is 0 Å². The van der Waals surface area contributed by atoms with E-state index in [1.165, 1.54) is 22.5 Å². The molecule has 10 heteroatoms. The molecule has 2 rings (SSSR count). The molecule has 0 fully saturated rings. The Hall–Kier alpha value is -2.04. The van der Waals surface area contributed by atoms with E-state index in [0.717, 1.165) is 30.0 Å². The van der Waals surface area contributed by atoms with E-state index in [-0.39, 0.29) is 27.8 Å². The minimum Gasteiger partial charge on any atom is -0.258 e. The molecule has 6 nitrogen and oxygen atoms in total. The second-order valence-electron chi connectivity index (χ2n) is 5.15. The van der Waals surface area contributed by atoms with E-state index in [9.17, 15) is 27.3 Å². The first-order valence-electron chi connectivity index (χ1n) is 7.62. The van der Waals surface area contributed by atoms with Crippen molar-refractivity contribution in [3.8, 4) is 0 Å². The number of benzene rings is 2. The van der Waals surface area contributed by atoms with E-state index in [4.69, 9.17) is 0 Å². The van der Waals surface area contributed by atoms with E-state index in [1.807, 2.05) is 0 Å². The SMILES string of the molecule is CCN(CC)S(=O)(=O)c1ccc(Sc2ccc(F)c(F)c2)c([N+](=O)[O-])c1. The Morgan fingerprint density at radius 1 is 1.08 bits per heavy atom. The summed E-state index contributed by atoms with van der Waals surface area (Å²) in [6, 6.07) is 6.67. The molecule has 0 spiro atoms. The molecule has 0 atom stereocenters. The maximum atomic E-state index is 13.3. The molecule has 2 aromatic carbocycles. The fraction of sp³-hybridized carbons (Fsp3) is 0.250. The maximum absolute atomic E-state index is 13.3. The Bertz CT molecular complexity index is 932. The Kier molecular flexibility index (Phi) is 6.32. The van der Waals surface area contributed by atoms with Crippen molar-refractivity contribution in [1.82, 2.24) is 4.31 Å². The van der Waals surface area contributed by atoms with E-state index in [1.54, 1.807) is 13.8 Å². The summed E-state index contributed by atoms with van der Waals surface area (Å²) in [4.78, 5) is 10.9. The van der Waals surface area contributed by atoms with Gasteiger partial charge >= 0.3 is 0 Å². The fourth-order valence-corrected chi connectivity index (χ4v) is 4.67. The maximum Gasteiger partial charge on any atom is 0.284 e. The summed E-state index contributed by atoms with van der Waals surface area (Å²) in [5.74, 6) is -2.09. The first-order valence-corrected chi connectivity index (χ1v) is 9.87. The summed E-state index contributed by atoms with van der Waals surface area (Å²) in [7, 11) is -3.85. The lowest BCUT2D eigenvalue weighted by Gasteiger charge is -2.18. The topological polar surface area (TPSA) is 80.5 Å². The Morgan fingerprint density at radius 3 is 2.27 bits per heavy atom. The van der Waals surface area contributed by atoms with Crippen LogP contribution in [-0.4, -0.2) is 30.7 Å². The number of rotatable bonds is 7. The van der Waals surface area contributed by atoms with Gasteiger partial charge in [0.2, 0.25) is 10.0 Å². The highest BCUT2D eigenvalue weighted by atomic mass is 32.2. The average Bonchev–Trinajstić information content (AvgIpc) is 2.59. The molecule has 0 aliphatic rings. The molecule has 0 amide bonds. The van der Waals surface area contributed by atoms with Gasteiger partial charge in [-0.1, -0.05) is 25.6 Å². The summed E-state index contributed by atoms with van der Waals surface area (Å²) >= 11 is 0.848. The predicted octanol–water partition coefficient (Wildman–Crippen LogP) is 4.05. The summed E-state index contributed by atoms with van der Waals surface area (Å²) in [5.41, 5.74) is -0.423. The first-order chi connectivity index (χ1) is 12.2. The van der Waals surface area contributed by atoms with Gasteiger partial charge in [-0.05, 0) is 30.3 Å². The van der Waals surface area contributed by atoms with Crippen LogP contribution in [0.2, 0.25) is 0 Å². The number of sulfonamides is 1.